The van der Waals surface area contributed by atoms with E-state index in [0.717, 1.165) is 41.9 Å². The van der Waals surface area contributed by atoms with Crippen LogP contribution in [0, 0.1) is 24.4 Å². The van der Waals surface area contributed by atoms with Crippen LogP contribution in [0.15, 0.2) is 88.9 Å². The smallest absolute Gasteiger partial charge is 0.264 e. The molecule has 1 unspecified atom stereocenters. The maximum Gasteiger partial charge on any atom is 0.264 e. The van der Waals surface area contributed by atoms with E-state index in [1.54, 1.807) is 30.3 Å². The van der Waals surface area contributed by atoms with Gasteiger partial charge in [0.2, 0.25) is 0 Å². The number of halogens is 4. The van der Waals surface area contributed by atoms with Gasteiger partial charge in [-0.2, -0.15) is 0 Å². The molecular formula is C32H27ClF3N5O5S2. The minimum atomic E-state index is -4.04. The van der Waals surface area contributed by atoms with Gasteiger partial charge >= 0.3 is 0 Å². The molecular weight excluding hydrogens is 691 g/mol. The Morgan fingerprint density at radius 3 is 2.25 bits per heavy atom. The van der Waals surface area contributed by atoms with Crippen molar-refractivity contribution < 1.29 is 34.7 Å². The highest BCUT2D eigenvalue weighted by molar-refractivity contribution is 7.93. The van der Waals surface area contributed by atoms with Crippen molar-refractivity contribution in [2.24, 2.45) is 0 Å². The predicted molar refractivity (Wildman–Crippen MR) is 177 cm³/mol. The highest BCUT2D eigenvalue weighted by Gasteiger charge is 2.24. The highest BCUT2D eigenvalue weighted by atomic mass is 35.5. The van der Waals surface area contributed by atoms with Crippen LogP contribution in [-0.2, 0) is 24.8 Å². The van der Waals surface area contributed by atoms with E-state index < -0.39 is 43.2 Å². The van der Waals surface area contributed by atoms with Crippen molar-refractivity contribution in [2.45, 2.75) is 29.1 Å². The molecule has 0 aliphatic carbocycles. The van der Waals surface area contributed by atoms with Crippen LogP contribution in [0.2, 0.25) is 5.02 Å². The van der Waals surface area contributed by atoms with E-state index in [0.29, 0.717) is 35.2 Å². The Balaban J connectivity index is 0.000000170. The molecule has 0 bridgehead atoms. The monoisotopic (exact) mass is 717 g/mol. The summed E-state index contributed by atoms with van der Waals surface area (Å²) in [7, 11) is -8.03. The van der Waals surface area contributed by atoms with Crippen LogP contribution in [-0.4, -0.2) is 45.0 Å². The van der Waals surface area contributed by atoms with E-state index in [1.165, 1.54) is 24.5 Å². The van der Waals surface area contributed by atoms with E-state index in [1.807, 2.05) is 6.92 Å². The zero-order valence-electron chi connectivity index (χ0n) is 25.0. The molecule has 1 atom stereocenters. The molecule has 48 heavy (non-hydrogen) atoms. The van der Waals surface area contributed by atoms with Gasteiger partial charge in [-0.25, -0.2) is 35.0 Å². The third-order valence-corrected chi connectivity index (χ3v) is 10.6. The van der Waals surface area contributed by atoms with Crippen molar-refractivity contribution >= 4 is 65.0 Å². The molecule has 6 aromatic rings. The Morgan fingerprint density at radius 2 is 1.52 bits per heavy atom. The van der Waals surface area contributed by atoms with Crippen LogP contribution in [0.5, 0.6) is 0 Å². The lowest BCUT2D eigenvalue weighted by Crippen LogP contribution is -2.13. The molecule has 1 aliphatic rings. The van der Waals surface area contributed by atoms with Crippen molar-refractivity contribution in [1.29, 1.82) is 0 Å². The van der Waals surface area contributed by atoms with Crippen molar-refractivity contribution in [3.05, 3.63) is 113 Å². The van der Waals surface area contributed by atoms with Gasteiger partial charge in [-0.1, -0.05) is 23.7 Å². The molecule has 3 aromatic carbocycles. The molecule has 4 N–H and O–H groups in total. The summed E-state index contributed by atoms with van der Waals surface area (Å²) in [6.07, 6.45) is 3.56. The quantitative estimate of drug-likeness (QED) is 0.137. The fraction of sp³-hybridized carbons (Fsp3) is 0.156. The lowest BCUT2D eigenvalue weighted by molar-refractivity contribution is 0.193. The van der Waals surface area contributed by atoms with Crippen molar-refractivity contribution in [1.82, 2.24) is 15.0 Å². The number of hydrogen-bond donors (Lipinski definition) is 4. The first-order valence-electron chi connectivity index (χ1n) is 14.4. The van der Waals surface area contributed by atoms with Crippen LogP contribution in [0.1, 0.15) is 23.6 Å². The Bertz CT molecular complexity index is 2380. The zero-order valence-corrected chi connectivity index (χ0v) is 27.4. The molecule has 0 amide bonds. The number of aromatic amines is 2. The minimum absolute atomic E-state index is 0.00331. The summed E-state index contributed by atoms with van der Waals surface area (Å²) in [5.41, 5.74) is 2.35. The molecule has 0 spiro atoms. The number of nitrogens with zero attached hydrogens (tertiary/aromatic N) is 1. The summed E-state index contributed by atoms with van der Waals surface area (Å²) in [4.78, 5) is 10.2. The van der Waals surface area contributed by atoms with Crippen LogP contribution < -0.4 is 9.44 Å². The minimum Gasteiger partial charge on any atom is -0.381 e. The van der Waals surface area contributed by atoms with Gasteiger partial charge in [0.25, 0.3) is 20.0 Å². The molecule has 0 saturated carbocycles. The molecule has 1 fully saturated rings. The SMILES string of the molecule is Cc1ccc2c(S(=O)(=O)Nc3cc(F)ccc3F)c[nH]c2c1.O=S(=O)(Nc1ccc(Cl)cc1F)c1c[nH]c2nc(C3CCOC3)ccc12. The Morgan fingerprint density at radius 1 is 0.812 bits per heavy atom. The number of aryl methyl sites for hydroxylation is 1. The number of nitrogens with one attached hydrogen (secondary N) is 4. The summed E-state index contributed by atoms with van der Waals surface area (Å²) in [6.45, 7) is 3.20. The number of benzene rings is 3. The second-order valence-electron chi connectivity index (χ2n) is 11.0. The van der Waals surface area contributed by atoms with E-state index in [-0.39, 0.29) is 26.4 Å². The Hall–Kier alpha value is -4.57. The number of pyridine rings is 1. The molecule has 1 aliphatic heterocycles. The Kier molecular flexibility index (Phi) is 9.13. The standard InChI is InChI=1S/C17H15ClFN3O3S.C15H12F2N2O2S/c18-11-1-3-15(13(19)7-11)22-26(23,24)16-8-20-17-12(16)2-4-14(21-17)10-5-6-25-9-10;1-9-2-4-11-13(6-9)18-8-15(11)22(20,21)19-14-7-10(16)3-5-12(14)17/h1-4,7-8,10,22H,5-6,9H2,(H,20,21);2-8,18-19H,1H3. The van der Waals surface area contributed by atoms with Crippen LogP contribution in [0.4, 0.5) is 24.5 Å². The molecule has 0 radical (unpaired) electrons. The average molecular weight is 718 g/mol. The van der Waals surface area contributed by atoms with E-state index >= 15 is 0 Å². The molecule has 1 saturated heterocycles. The Labute approximate surface area is 278 Å². The van der Waals surface area contributed by atoms with Gasteiger partial charge < -0.3 is 14.7 Å². The third-order valence-electron chi connectivity index (χ3n) is 7.60. The number of sulfonamides is 2. The fourth-order valence-electron chi connectivity index (χ4n) is 5.20. The number of ether oxygens (including phenoxy) is 1. The van der Waals surface area contributed by atoms with Gasteiger partial charge in [-0.05, 0) is 67.4 Å². The summed E-state index contributed by atoms with van der Waals surface area (Å²) < 4.78 is 101. The van der Waals surface area contributed by atoms with Crippen LogP contribution in [0.3, 0.4) is 0 Å². The van der Waals surface area contributed by atoms with Gasteiger partial charge in [0.1, 0.15) is 32.9 Å². The van der Waals surface area contributed by atoms with E-state index in [4.69, 9.17) is 16.3 Å². The molecule has 7 rings (SSSR count). The van der Waals surface area contributed by atoms with Gasteiger partial charge in [0, 0.05) is 58.0 Å². The summed E-state index contributed by atoms with van der Waals surface area (Å²) in [5.74, 6) is -2.11. The van der Waals surface area contributed by atoms with E-state index in [9.17, 15) is 30.0 Å². The number of hydrogen-bond acceptors (Lipinski definition) is 6. The van der Waals surface area contributed by atoms with Crippen LogP contribution >= 0.6 is 11.6 Å². The molecule has 4 heterocycles. The maximum absolute atomic E-state index is 13.9. The summed E-state index contributed by atoms with van der Waals surface area (Å²) in [6, 6.07) is 15.1. The van der Waals surface area contributed by atoms with Crippen molar-refractivity contribution in [3.63, 3.8) is 0 Å². The zero-order chi connectivity index (χ0) is 34.2. The second kappa shape index (κ2) is 13.1. The number of rotatable bonds is 7. The average Bonchev–Trinajstić information content (AvgIpc) is 3.80. The number of fused-ring (bicyclic) bond motifs is 2. The summed E-state index contributed by atoms with van der Waals surface area (Å²) >= 11 is 5.70. The topological polar surface area (TPSA) is 146 Å². The fourth-order valence-corrected chi connectivity index (χ4v) is 7.83. The van der Waals surface area contributed by atoms with Crippen molar-refractivity contribution in [2.75, 3.05) is 22.7 Å². The normalized spacial score (nSPS) is 15.0. The molecule has 16 heteroatoms. The first-order chi connectivity index (χ1) is 22.8. The largest absolute Gasteiger partial charge is 0.381 e. The van der Waals surface area contributed by atoms with Crippen molar-refractivity contribution in [3.8, 4) is 0 Å². The maximum atomic E-state index is 13.9. The highest BCUT2D eigenvalue weighted by Crippen LogP contribution is 2.30. The molecule has 3 aromatic heterocycles. The number of anilines is 2. The first-order valence-corrected chi connectivity index (χ1v) is 17.7. The van der Waals surface area contributed by atoms with Gasteiger partial charge in [0.05, 0.1) is 18.0 Å². The van der Waals surface area contributed by atoms with E-state index in [2.05, 4.69) is 24.4 Å². The lowest BCUT2D eigenvalue weighted by atomic mass is 10.0. The predicted octanol–water partition coefficient (Wildman–Crippen LogP) is 7.22. The third kappa shape index (κ3) is 6.99. The van der Waals surface area contributed by atoms with Gasteiger partial charge in [-0.15, -0.1) is 0 Å². The number of H-pyrrole nitrogens is 2. The summed E-state index contributed by atoms with van der Waals surface area (Å²) in [5, 5.41) is 1.11. The number of aromatic nitrogens is 3. The van der Waals surface area contributed by atoms with Crippen LogP contribution in [0.25, 0.3) is 21.9 Å². The van der Waals surface area contributed by atoms with Gasteiger partial charge in [-0.3, -0.25) is 9.44 Å². The molecule has 10 nitrogen and oxygen atoms in total. The van der Waals surface area contributed by atoms with Gasteiger partial charge in [0.15, 0.2) is 0 Å². The second-order valence-corrected chi connectivity index (χ2v) is 14.7. The first kappa shape index (κ1) is 33.3. The molecule has 250 valence electrons. The lowest BCUT2D eigenvalue weighted by Gasteiger charge is -2.09.